The summed E-state index contributed by atoms with van der Waals surface area (Å²) in [7, 11) is 0. The summed E-state index contributed by atoms with van der Waals surface area (Å²) >= 11 is 5.90. The molecule has 3 atom stereocenters. The van der Waals surface area contributed by atoms with Crippen molar-refractivity contribution in [2.24, 2.45) is 23.6 Å². The van der Waals surface area contributed by atoms with Crippen LogP contribution in [0.5, 0.6) is 0 Å². The molecule has 3 N–H and O–H groups in total. The summed E-state index contributed by atoms with van der Waals surface area (Å²) in [6.07, 6.45) is 4.12. The third-order valence-corrected chi connectivity index (χ3v) is 4.41. The fourth-order valence-electron chi connectivity index (χ4n) is 3.21. The van der Waals surface area contributed by atoms with Crippen LogP contribution in [0.2, 0.25) is 5.02 Å². The van der Waals surface area contributed by atoms with E-state index >= 15 is 0 Å². The minimum atomic E-state index is 0.296. The van der Waals surface area contributed by atoms with Gasteiger partial charge < -0.3 is 0 Å². The molecule has 86 valence electrons. The molecule has 0 aromatic heterocycles. The van der Waals surface area contributed by atoms with Gasteiger partial charge in [0.15, 0.2) is 0 Å². The Morgan fingerprint density at radius 3 is 2.31 bits per heavy atom. The standard InChI is InChI=1S/C13H17ClN2/c14-12-3-1-8(2-4-12)13(16-15)11-6-9-5-10(9)7-11/h1-4,9-11,13,16H,5-7,15H2. The molecular weight excluding hydrogens is 220 g/mol. The number of nitrogens with two attached hydrogens (primary N) is 1. The molecule has 3 heteroatoms. The second kappa shape index (κ2) is 4.02. The molecule has 0 spiro atoms. The van der Waals surface area contributed by atoms with E-state index in [4.69, 9.17) is 17.4 Å². The average Bonchev–Trinajstić information content (AvgIpc) is 2.90. The van der Waals surface area contributed by atoms with Crippen molar-refractivity contribution in [2.45, 2.75) is 25.3 Å². The first-order chi connectivity index (χ1) is 7.78. The molecule has 2 nitrogen and oxygen atoms in total. The molecule has 2 aliphatic carbocycles. The molecule has 0 heterocycles. The molecule has 2 fully saturated rings. The van der Waals surface area contributed by atoms with E-state index in [2.05, 4.69) is 17.6 Å². The monoisotopic (exact) mass is 236 g/mol. The summed E-state index contributed by atoms with van der Waals surface area (Å²) in [5.41, 5.74) is 4.24. The first-order valence-electron chi connectivity index (χ1n) is 5.99. The van der Waals surface area contributed by atoms with Gasteiger partial charge in [0.25, 0.3) is 0 Å². The molecule has 0 amide bonds. The normalized spacial score (nSPS) is 33.5. The predicted molar refractivity (Wildman–Crippen MR) is 65.8 cm³/mol. The van der Waals surface area contributed by atoms with Gasteiger partial charge in [0.1, 0.15) is 0 Å². The third kappa shape index (κ3) is 1.86. The molecule has 1 aromatic carbocycles. The van der Waals surface area contributed by atoms with Crippen LogP contribution in [0.15, 0.2) is 24.3 Å². The van der Waals surface area contributed by atoms with Crippen LogP contribution in [0, 0.1) is 17.8 Å². The fourth-order valence-corrected chi connectivity index (χ4v) is 3.33. The van der Waals surface area contributed by atoms with E-state index in [9.17, 15) is 0 Å². The van der Waals surface area contributed by atoms with Gasteiger partial charge in [-0.05, 0) is 54.7 Å². The largest absolute Gasteiger partial charge is 0.271 e. The van der Waals surface area contributed by atoms with Crippen molar-refractivity contribution in [3.63, 3.8) is 0 Å². The minimum absolute atomic E-state index is 0.296. The van der Waals surface area contributed by atoms with Crippen molar-refractivity contribution in [1.82, 2.24) is 5.43 Å². The van der Waals surface area contributed by atoms with E-state index in [0.29, 0.717) is 12.0 Å². The van der Waals surface area contributed by atoms with E-state index in [1.54, 1.807) is 0 Å². The number of halogens is 1. The van der Waals surface area contributed by atoms with Crippen molar-refractivity contribution in [3.8, 4) is 0 Å². The Balaban J connectivity index is 1.77. The SMILES string of the molecule is NNC(c1ccc(Cl)cc1)C1CC2CC2C1. The fraction of sp³-hybridized carbons (Fsp3) is 0.538. The Kier molecular flexibility index (Phi) is 2.66. The second-order valence-electron chi connectivity index (χ2n) is 5.18. The Bertz CT molecular complexity index is 366. The predicted octanol–water partition coefficient (Wildman–Crippen LogP) is 2.89. The van der Waals surface area contributed by atoms with Gasteiger partial charge in [-0.1, -0.05) is 23.7 Å². The zero-order chi connectivity index (χ0) is 11.1. The van der Waals surface area contributed by atoms with Gasteiger partial charge in [-0.15, -0.1) is 0 Å². The summed E-state index contributed by atoms with van der Waals surface area (Å²) in [6, 6.07) is 8.34. The highest BCUT2D eigenvalue weighted by molar-refractivity contribution is 6.30. The maximum absolute atomic E-state index is 5.90. The lowest BCUT2D eigenvalue weighted by atomic mass is 9.90. The maximum atomic E-state index is 5.90. The summed E-state index contributed by atoms with van der Waals surface area (Å²) in [5, 5.41) is 0.786. The molecule has 0 aliphatic heterocycles. The molecule has 1 aromatic rings. The third-order valence-electron chi connectivity index (χ3n) is 4.16. The van der Waals surface area contributed by atoms with E-state index < -0.39 is 0 Å². The summed E-state index contributed by atoms with van der Waals surface area (Å²) in [6.45, 7) is 0. The van der Waals surface area contributed by atoms with Gasteiger partial charge in [-0.25, -0.2) is 0 Å². The molecule has 0 radical (unpaired) electrons. The minimum Gasteiger partial charge on any atom is -0.271 e. The average molecular weight is 237 g/mol. The maximum Gasteiger partial charge on any atom is 0.0488 e. The zero-order valence-corrected chi connectivity index (χ0v) is 9.95. The van der Waals surface area contributed by atoms with Gasteiger partial charge in [0, 0.05) is 11.1 Å². The highest BCUT2D eigenvalue weighted by Crippen LogP contribution is 2.56. The van der Waals surface area contributed by atoms with Crippen LogP contribution < -0.4 is 11.3 Å². The highest BCUT2D eigenvalue weighted by atomic mass is 35.5. The summed E-state index contributed by atoms with van der Waals surface area (Å²) in [4.78, 5) is 0. The van der Waals surface area contributed by atoms with Crippen molar-refractivity contribution in [3.05, 3.63) is 34.9 Å². The van der Waals surface area contributed by atoms with Crippen LogP contribution in [0.25, 0.3) is 0 Å². The van der Waals surface area contributed by atoms with Gasteiger partial charge in [0.2, 0.25) is 0 Å². The van der Waals surface area contributed by atoms with Crippen LogP contribution in [0.4, 0.5) is 0 Å². The zero-order valence-electron chi connectivity index (χ0n) is 9.20. The quantitative estimate of drug-likeness (QED) is 0.626. The second-order valence-corrected chi connectivity index (χ2v) is 5.62. The lowest BCUT2D eigenvalue weighted by Crippen LogP contribution is -2.33. The highest BCUT2D eigenvalue weighted by Gasteiger charge is 2.47. The van der Waals surface area contributed by atoms with E-state index in [-0.39, 0.29) is 0 Å². The smallest absolute Gasteiger partial charge is 0.0488 e. The summed E-state index contributed by atoms with van der Waals surface area (Å²) < 4.78 is 0. The molecule has 16 heavy (non-hydrogen) atoms. The van der Waals surface area contributed by atoms with Gasteiger partial charge in [0.05, 0.1) is 0 Å². The van der Waals surface area contributed by atoms with E-state index in [1.807, 2.05) is 12.1 Å². The number of hydrogen-bond acceptors (Lipinski definition) is 2. The van der Waals surface area contributed by atoms with Crippen LogP contribution in [0.1, 0.15) is 30.9 Å². The summed E-state index contributed by atoms with van der Waals surface area (Å²) in [5.74, 6) is 8.39. The van der Waals surface area contributed by atoms with Crippen molar-refractivity contribution in [2.75, 3.05) is 0 Å². The molecule has 3 rings (SSSR count). The van der Waals surface area contributed by atoms with Crippen LogP contribution in [-0.4, -0.2) is 0 Å². The Labute approximate surface area is 101 Å². The first-order valence-corrected chi connectivity index (χ1v) is 6.37. The number of hydrazine groups is 1. The lowest BCUT2D eigenvalue weighted by molar-refractivity contribution is 0.345. The van der Waals surface area contributed by atoms with Crippen LogP contribution in [0.3, 0.4) is 0 Å². The van der Waals surface area contributed by atoms with Crippen molar-refractivity contribution < 1.29 is 0 Å². The number of benzene rings is 1. The van der Waals surface area contributed by atoms with Crippen LogP contribution in [-0.2, 0) is 0 Å². The number of fused-ring (bicyclic) bond motifs is 1. The van der Waals surface area contributed by atoms with Crippen molar-refractivity contribution >= 4 is 11.6 Å². The first kappa shape index (κ1) is 10.6. The number of nitrogens with one attached hydrogen (secondary N) is 1. The molecule has 0 bridgehead atoms. The molecule has 3 unspecified atom stereocenters. The number of rotatable bonds is 3. The Hall–Kier alpha value is -0.570. The van der Waals surface area contributed by atoms with E-state index in [0.717, 1.165) is 16.9 Å². The van der Waals surface area contributed by atoms with Gasteiger partial charge in [-0.2, -0.15) is 0 Å². The van der Waals surface area contributed by atoms with E-state index in [1.165, 1.54) is 24.8 Å². The molecule has 2 saturated carbocycles. The van der Waals surface area contributed by atoms with Gasteiger partial charge in [-0.3, -0.25) is 11.3 Å². The molecule has 2 aliphatic rings. The lowest BCUT2D eigenvalue weighted by Gasteiger charge is -2.24. The number of hydrogen-bond donors (Lipinski definition) is 2. The Morgan fingerprint density at radius 2 is 1.75 bits per heavy atom. The Morgan fingerprint density at radius 1 is 1.12 bits per heavy atom. The topological polar surface area (TPSA) is 38.0 Å². The molecular formula is C13H17ClN2. The van der Waals surface area contributed by atoms with Crippen LogP contribution >= 0.6 is 11.6 Å². The van der Waals surface area contributed by atoms with Crippen molar-refractivity contribution in [1.29, 1.82) is 0 Å². The van der Waals surface area contributed by atoms with Gasteiger partial charge >= 0.3 is 0 Å². The molecule has 0 saturated heterocycles.